The minimum Gasteiger partial charge on any atom is -0.491 e. The highest BCUT2D eigenvalue weighted by Gasteiger charge is 2.06. The number of nitrogens with one attached hydrogen (secondary N) is 2. The van der Waals surface area contributed by atoms with E-state index in [-0.39, 0.29) is 24.0 Å². The Morgan fingerprint density at radius 2 is 2.00 bits per heavy atom. The van der Waals surface area contributed by atoms with Crippen molar-refractivity contribution < 1.29 is 9.47 Å². The number of imidazole rings is 1. The molecule has 0 bridgehead atoms. The highest BCUT2D eigenvalue weighted by atomic mass is 127. The first-order valence-electron chi connectivity index (χ1n) is 10.4. The van der Waals surface area contributed by atoms with Gasteiger partial charge in [0.25, 0.3) is 0 Å². The lowest BCUT2D eigenvalue weighted by Crippen LogP contribution is -2.37. The fourth-order valence-electron chi connectivity index (χ4n) is 2.95. The van der Waals surface area contributed by atoms with Crippen molar-refractivity contribution in [1.82, 2.24) is 20.2 Å². The molecule has 0 aliphatic heterocycles. The summed E-state index contributed by atoms with van der Waals surface area (Å²) in [4.78, 5) is 8.57. The maximum Gasteiger partial charge on any atom is 0.191 e. The molecule has 168 valence electrons. The Hall–Kier alpha value is -1.81. The molecule has 0 fully saturated rings. The molecular formula is C22H36IN5O2. The maximum absolute atomic E-state index is 5.91. The average molecular weight is 529 g/mol. The van der Waals surface area contributed by atoms with Crippen LogP contribution in [0.2, 0.25) is 0 Å². The molecule has 0 saturated carbocycles. The molecule has 0 aliphatic carbocycles. The van der Waals surface area contributed by atoms with Crippen LogP contribution in [0.1, 0.15) is 36.7 Å². The largest absolute Gasteiger partial charge is 0.491 e. The van der Waals surface area contributed by atoms with Gasteiger partial charge in [0.1, 0.15) is 18.2 Å². The third kappa shape index (κ3) is 9.34. The van der Waals surface area contributed by atoms with Crippen LogP contribution in [0.25, 0.3) is 0 Å². The van der Waals surface area contributed by atoms with E-state index >= 15 is 0 Å². The predicted octanol–water partition coefficient (Wildman–Crippen LogP) is 3.68. The van der Waals surface area contributed by atoms with E-state index in [0.29, 0.717) is 26.4 Å². The molecule has 0 aliphatic rings. The molecule has 1 heterocycles. The molecule has 2 rings (SSSR count). The highest BCUT2D eigenvalue weighted by molar-refractivity contribution is 14.0. The lowest BCUT2D eigenvalue weighted by atomic mass is 10.1. The Morgan fingerprint density at radius 3 is 2.70 bits per heavy atom. The van der Waals surface area contributed by atoms with E-state index in [1.165, 1.54) is 5.56 Å². The van der Waals surface area contributed by atoms with Crippen LogP contribution in [-0.2, 0) is 17.8 Å². The Balaban J connectivity index is 0.00000450. The van der Waals surface area contributed by atoms with E-state index in [4.69, 9.17) is 9.47 Å². The van der Waals surface area contributed by atoms with Crippen molar-refractivity contribution in [3.8, 4) is 5.75 Å². The number of benzene rings is 1. The molecule has 30 heavy (non-hydrogen) atoms. The third-order valence-corrected chi connectivity index (χ3v) is 4.62. The second kappa shape index (κ2) is 15.1. The van der Waals surface area contributed by atoms with Crippen LogP contribution < -0.4 is 15.4 Å². The number of nitrogens with zero attached hydrogens (tertiary/aromatic N) is 3. The van der Waals surface area contributed by atoms with Crippen LogP contribution in [0.4, 0.5) is 0 Å². The van der Waals surface area contributed by atoms with Gasteiger partial charge < -0.3 is 24.7 Å². The van der Waals surface area contributed by atoms with Gasteiger partial charge in [-0.1, -0.05) is 12.1 Å². The Kier molecular flexibility index (Phi) is 13.2. The summed E-state index contributed by atoms with van der Waals surface area (Å²) in [5, 5.41) is 6.75. The van der Waals surface area contributed by atoms with E-state index in [2.05, 4.69) is 50.3 Å². The van der Waals surface area contributed by atoms with Crippen molar-refractivity contribution in [3.63, 3.8) is 0 Å². The third-order valence-electron chi connectivity index (χ3n) is 4.62. The van der Waals surface area contributed by atoms with Gasteiger partial charge in [0.05, 0.1) is 6.61 Å². The fourth-order valence-corrected chi connectivity index (χ4v) is 2.95. The van der Waals surface area contributed by atoms with Crippen LogP contribution in [-0.4, -0.2) is 48.9 Å². The SMILES string of the molecule is CCOCCOc1cc(C)ccc1CNC(=NC)NCCCCn1ccnc1C.I. The number of guanidine groups is 1. The predicted molar refractivity (Wildman–Crippen MR) is 133 cm³/mol. The van der Waals surface area contributed by atoms with Crippen molar-refractivity contribution in [2.75, 3.05) is 33.4 Å². The topological polar surface area (TPSA) is 72.7 Å². The lowest BCUT2D eigenvalue weighted by Gasteiger charge is -2.15. The normalized spacial score (nSPS) is 11.1. The summed E-state index contributed by atoms with van der Waals surface area (Å²) >= 11 is 0. The molecule has 1 aromatic heterocycles. The molecule has 1 aromatic carbocycles. The summed E-state index contributed by atoms with van der Waals surface area (Å²) in [6.45, 7) is 10.5. The summed E-state index contributed by atoms with van der Waals surface area (Å²) < 4.78 is 13.4. The molecule has 8 heteroatoms. The van der Waals surface area contributed by atoms with E-state index in [1.54, 1.807) is 7.05 Å². The first kappa shape index (κ1) is 26.2. The molecule has 0 radical (unpaired) electrons. The van der Waals surface area contributed by atoms with Crippen LogP contribution in [0.3, 0.4) is 0 Å². The standard InChI is InChI=1S/C22H35N5O2.HI/c1-5-28-14-15-29-21-16-18(2)8-9-20(21)17-26-22(23-4)25-10-6-7-12-27-13-11-24-19(27)3;/h8-9,11,13,16H,5-7,10,12,14-15,17H2,1-4H3,(H2,23,25,26);1H. The molecular weight excluding hydrogens is 493 g/mol. The number of hydrogen-bond donors (Lipinski definition) is 2. The second-order valence-corrected chi connectivity index (χ2v) is 6.88. The molecule has 2 aromatic rings. The van der Waals surface area contributed by atoms with Crippen LogP contribution >= 0.6 is 24.0 Å². The summed E-state index contributed by atoms with van der Waals surface area (Å²) in [5.41, 5.74) is 2.28. The lowest BCUT2D eigenvalue weighted by molar-refractivity contribution is 0.110. The van der Waals surface area contributed by atoms with Gasteiger partial charge in [0, 0.05) is 51.2 Å². The zero-order valence-electron chi connectivity index (χ0n) is 18.6. The first-order chi connectivity index (χ1) is 14.1. The van der Waals surface area contributed by atoms with Crippen molar-refractivity contribution in [1.29, 1.82) is 0 Å². The number of aliphatic imine (C=N–C) groups is 1. The smallest absolute Gasteiger partial charge is 0.191 e. The van der Waals surface area contributed by atoms with Gasteiger partial charge in [-0.2, -0.15) is 0 Å². The number of rotatable bonds is 12. The molecule has 7 nitrogen and oxygen atoms in total. The van der Waals surface area contributed by atoms with Gasteiger partial charge in [-0.25, -0.2) is 4.98 Å². The first-order valence-corrected chi connectivity index (χ1v) is 10.4. The fraction of sp³-hybridized carbons (Fsp3) is 0.545. The van der Waals surface area contributed by atoms with Gasteiger partial charge >= 0.3 is 0 Å². The van der Waals surface area contributed by atoms with Gasteiger partial charge in [-0.3, -0.25) is 4.99 Å². The Labute approximate surface area is 197 Å². The summed E-state index contributed by atoms with van der Waals surface area (Å²) in [5.74, 6) is 2.75. The summed E-state index contributed by atoms with van der Waals surface area (Å²) in [7, 11) is 1.79. The van der Waals surface area contributed by atoms with Crippen molar-refractivity contribution >= 4 is 29.9 Å². The van der Waals surface area contributed by atoms with E-state index in [0.717, 1.165) is 49.0 Å². The maximum atomic E-state index is 5.91. The van der Waals surface area contributed by atoms with Crippen molar-refractivity contribution in [2.45, 2.75) is 46.7 Å². The second-order valence-electron chi connectivity index (χ2n) is 6.88. The number of hydrogen-bond acceptors (Lipinski definition) is 4. The van der Waals surface area contributed by atoms with Crippen molar-refractivity contribution in [2.24, 2.45) is 4.99 Å². The molecule has 0 saturated heterocycles. The van der Waals surface area contributed by atoms with Crippen LogP contribution in [0.15, 0.2) is 35.6 Å². The van der Waals surface area contributed by atoms with Crippen LogP contribution in [0, 0.1) is 13.8 Å². The van der Waals surface area contributed by atoms with E-state index in [1.807, 2.05) is 26.2 Å². The summed E-state index contributed by atoms with van der Waals surface area (Å²) in [6, 6.07) is 6.26. The molecule has 0 amide bonds. The molecule has 0 spiro atoms. The quantitative estimate of drug-likeness (QED) is 0.190. The molecule has 0 atom stereocenters. The number of aromatic nitrogens is 2. The average Bonchev–Trinajstić information content (AvgIpc) is 3.13. The molecule has 0 unspecified atom stereocenters. The van der Waals surface area contributed by atoms with E-state index in [9.17, 15) is 0 Å². The number of aryl methyl sites for hydroxylation is 3. The highest BCUT2D eigenvalue weighted by Crippen LogP contribution is 2.20. The minimum absolute atomic E-state index is 0. The van der Waals surface area contributed by atoms with Gasteiger partial charge in [0.2, 0.25) is 0 Å². The zero-order valence-corrected chi connectivity index (χ0v) is 20.9. The zero-order chi connectivity index (χ0) is 20.9. The van der Waals surface area contributed by atoms with Gasteiger partial charge in [-0.05, 0) is 45.2 Å². The molecule has 2 N–H and O–H groups in total. The monoisotopic (exact) mass is 529 g/mol. The van der Waals surface area contributed by atoms with Gasteiger partial charge in [0.15, 0.2) is 5.96 Å². The minimum atomic E-state index is 0. The number of ether oxygens (including phenoxy) is 2. The van der Waals surface area contributed by atoms with Gasteiger partial charge in [-0.15, -0.1) is 24.0 Å². The number of halogens is 1. The Bertz CT molecular complexity index is 764. The Morgan fingerprint density at radius 1 is 1.17 bits per heavy atom. The van der Waals surface area contributed by atoms with E-state index < -0.39 is 0 Å². The van der Waals surface area contributed by atoms with Crippen molar-refractivity contribution in [3.05, 3.63) is 47.5 Å². The number of unbranched alkanes of at least 4 members (excludes halogenated alkanes) is 1. The summed E-state index contributed by atoms with van der Waals surface area (Å²) in [6.07, 6.45) is 6.03. The van der Waals surface area contributed by atoms with Crippen LogP contribution in [0.5, 0.6) is 5.75 Å².